The Labute approximate surface area is 184 Å². The van der Waals surface area contributed by atoms with Gasteiger partial charge in [0.25, 0.3) is 0 Å². The number of piperidine rings is 1. The molecule has 1 aromatic heterocycles. The zero-order chi connectivity index (χ0) is 21.4. The van der Waals surface area contributed by atoms with Gasteiger partial charge in [-0.05, 0) is 82.1 Å². The monoisotopic (exact) mass is 414 g/mol. The lowest BCUT2D eigenvalue weighted by Gasteiger charge is -2.37. The molecule has 1 fully saturated rings. The maximum Gasteiger partial charge on any atom is 0.151 e. The first-order valence-electron chi connectivity index (χ1n) is 11.4. The highest BCUT2D eigenvalue weighted by Gasteiger charge is 2.30. The molecule has 5 rings (SSSR count). The fraction of sp³-hybridized carbons (Fsp3) is 0.440. The SMILES string of the molecule is C=NN1C2=C(CCCC2)C(C)=N/C1=C/C1CCCCN1c1ncnc2cccc(C)c12. The van der Waals surface area contributed by atoms with E-state index >= 15 is 0 Å². The van der Waals surface area contributed by atoms with Gasteiger partial charge in [-0.15, -0.1) is 0 Å². The molecule has 0 radical (unpaired) electrons. The highest BCUT2D eigenvalue weighted by Crippen LogP contribution is 2.37. The maximum atomic E-state index is 4.97. The van der Waals surface area contributed by atoms with Crippen molar-refractivity contribution in [3.05, 3.63) is 53.3 Å². The molecule has 1 aromatic carbocycles. The van der Waals surface area contributed by atoms with Gasteiger partial charge in [0, 0.05) is 30.1 Å². The molecule has 2 aliphatic heterocycles. The van der Waals surface area contributed by atoms with E-state index in [2.05, 4.69) is 59.8 Å². The van der Waals surface area contributed by atoms with Gasteiger partial charge >= 0.3 is 0 Å². The van der Waals surface area contributed by atoms with E-state index in [9.17, 15) is 0 Å². The van der Waals surface area contributed by atoms with E-state index in [0.29, 0.717) is 0 Å². The van der Waals surface area contributed by atoms with Crippen molar-refractivity contribution in [1.82, 2.24) is 15.0 Å². The molecule has 6 heteroatoms. The number of aromatic nitrogens is 2. The molecule has 3 heterocycles. The first-order chi connectivity index (χ1) is 15.2. The van der Waals surface area contributed by atoms with Crippen LogP contribution in [0.2, 0.25) is 0 Å². The number of hydrogen-bond donors (Lipinski definition) is 0. The fourth-order valence-corrected chi connectivity index (χ4v) is 5.25. The summed E-state index contributed by atoms with van der Waals surface area (Å²) < 4.78 is 0. The Morgan fingerprint density at radius 3 is 2.84 bits per heavy atom. The lowest BCUT2D eigenvalue weighted by molar-refractivity contribution is 0.398. The van der Waals surface area contributed by atoms with E-state index in [4.69, 9.17) is 9.98 Å². The van der Waals surface area contributed by atoms with Gasteiger partial charge in [-0.3, -0.25) is 0 Å². The van der Waals surface area contributed by atoms with Crippen molar-refractivity contribution in [2.24, 2.45) is 10.1 Å². The second-order valence-corrected chi connectivity index (χ2v) is 8.73. The molecular formula is C25H30N6. The first kappa shape index (κ1) is 19.9. The highest BCUT2D eigenvalue weighted by atomic mass is 15.5. The molecule has 3 aliphatic rings. The van der Waals surface area contributed by atoms with E-state index in [1.807, 2.05) is 5.01 Å². The molecule has 160 valence electrons. The van der Waals surface area contributed by atoms with Crippen molar-refractivity contribution in [2.75, 3.05) is 11.4 Å². The smallest absolute Gasteiger partial charge is 0.151 e. The molecule has 1 unspecified atom stereocenters. The molecule has 0 saturated carbocycles. The summed E-state index contributed by atoms with van der Waals surface area (Å²) in [6.45, 7) is 9.12. The summed E-state index contributed by atoms with van der Waals surface area (Å²) in [5.74, 6) is 1.93. The Morgan fingerprint density at radius 2 is 1.97 bits per heavy atom. The topological polar surface area (TPSA) is 57.0 Å². The third kappa shape index (κ3) is 3.54. The van der Waals surface area contributed by atoms with Crippen LogP contribution in [0.25, 0.3) is 10.9 Å². The molecular weight excluding hydrogens is 384 g/mol. The van der Waals surface area contributed by atoms with Crippen molar-refractivity contribution >= 4 is 29.1 Å². The van der Waals surface area contributed by atoms with Crippen LogP contribution >= 0.6 is 0 Å². The van der Waals surface area contributed by atoms with Crippen molar-refractivity contribution in [3.63, 3.8) is 0 Å². The normalized spacial score (nSPS) is 23.2. The van der Waals surface area contributed by atoms with Crippen LogP contribution in [-0.2, 0) is 0 Å². The first-order valence-corrected chi connectivity index (χ1v) is 11.4. The van der Waals surface area contributed by atoms with Crippen LogP contribution in [-0.4, -0.2) is 40.0 Å². The minimum Gasteiger partial charge on any atom is -0.349 e. The molecule has 0 amide bonds. The number of aryl methyl sites for hydroxylation is 1. The minimum absolute atomic E-state index is 0.216. The Balaban J connectivity index is 1.56. The second kappa shape index (κ2) is 8.25. The predicted molar refractivity (Wildman–Crippen MR) is 127 cm³/mol. The van der Waals surface area contributed by atoms with Crippen molar-refractivity contribution in [3.8, 4) is 0 Å². The average Bonchev–Trinajstić information content (AvgIpc) is 2.80. The Hall–Kier alpha value is -3.02. The Kier molecular flexibility index (Phi) is 5.30. The number of benzene rings is 1. The number of hydrazone groups is 1. The number of hydrogen-bond acceptors (Lipinski definition) is 6. The van der Waals surface area contributed by atoms with Crippen molar-refractivity contribution in [2.45, 2.75) is 64.8 Å². The number of rotatable bonds is 3. The molecule has 31 heavy (non-hydrogen) atoms. The van der Waals surface area contributed by atoms with Gasteiger partial charge < -0.3 is 4.90 Å². The Morgan fingerprint density at radius 1 is 1.10 bits per heavy atom. The quantitative estimate of drug-likeness (QED) is 0.635. The van der Waals surface area contributed by atoms with Gasteiger partial charge in [0.05, 0.1) is 11.6 Å². The molecule has 1 atom stereocenters. The number of anilines is 1. The maximum absolute atomic E-state index is 4.97. The molecule has 0 spiro atoms. The van der Waals surface area contributed by atoms with Crippen molar-refractivity contribution in [1.29, 1.82) is 0 Å². The fourth-order valence-electron chi connectivity index (χ4n) is 5.25. The van der Waals surface area contributed by atoms with Crippen LogP contribution in [0.4, 0.5) is 5.82 Å². The largest absolute Gasteiger partial charge is 0.349 e. The van der Waals surface area contributed by atoms with Gasteiger partial charge in [-0.2, -0.15) is 5.10 Å². The molecule has 0 bridgehead atoms. The standard InChI is InChI=1S/C25H30N6/c1-17-9-8-12-21-24(17)25(28-16-27-21)30-14-7-6-10-19(30)15-23-29-18(2)20-11-4-5-13-22(20)31(23)26-3/h8-9,12,15-16,19H,3-7,10-11,13-14H2,1-2H3/b23-15-. The van der Waals surface area contributed by atoms with E-state index in [-0.39, 0.29) is 6.04 Å². The van der Waals surface area contributed by atoms with Crippen LogP contribution in [0.15, 0.2) is 57.8 Å². The van der Waals surface area contributed by atoms with Crippen LogP contribution < -0.4 is 4.90 Å². The number of aliphatic imine (C=N–C) groups is 1. The summed E-state index contributed by atoms with van der Waals surface area (Å²) in [6.07, 6.45) is 12.0. The molecule has 2 aromatic rings. The summed E-state index contributed by atoms with van der Waals surface area (Å²) in [6, 6.07) is 6.49. The molecule has 1 aliphatic carbocycles. The van der Waals surface area contributed by atoms with Gasteiger partial charge in [0.15, 0.2) is 5.82 Å². The summed E-state index contributed by atoms with van der Waals surface area (Å²) >= 11 is 0. The van der Waals surface area contributed by atoms with E-state index in [1.54, 1.807) is 6.33 Å². The van der Waals surface area contributed by atoms with Crippen LogP contribution in [0.3, 0.4) is 0 Å². The van der Waals surface area contributed by atoms with E-state index in [0.717, 1.165) is 60.5 Å². The summed E-state index contributed by atoms with van der Waals surface area (Å²) in [7, 11) is 0. The highest BCUT2D eigenvalue weighted by molar-refractivity contribution is 6.00. The molecule has 1 saturated heterocycles. The summed E-state index contributed by atoms with van der Waals surface area (Å²) in [5, 5.41) is 7.51. The zero-order valence-electron chi connectivity index (χ0n) is 18.5. The number of nitrogens with zero attached hydrogens (tertiary/aromatic N) is 6. The predicted octanol–water partition coefficient (Wildman–Crippen LogP) is 5.36. The second-order valence-electron chi connectivity index (χ2n) is 8.73. The lowest BCUT2D eigenvalue weighted by atomic mass is 9.91. The Bertz CT molecular complexity index is 1110. The van der Waals surface area contributed by atoms with Gasteiger partial charge in [0.2, 0.25) is 0 Å². The number of fused-ring (bicyclic) bond motifs is 1. The van der Waals surface area contributed by atoms with E-state index in [1.165, 1.54) is 36.1 Å². The summed E-state index contributed by atoms with van der Waals surface area (Å²) in [4.78, 5) is 16.7. The van der Waals surface area contributed by atoms with Crippen LogP contribution in [0.1, 0.15) is 57.4 Å². The number of allylic oxidation sites excluding steroid dienone is 2. The van der Waals surface area contributed by atoms with Gasteiger partial charge in [-0.1, -0.05) is 12.1 Å². The third-order valence-corrected chi connectivity index (χ3v) is 6.79. The minimum atomic E-state index is 0.216. The zero-order valence-corrected chi connectivity index (χ0v) is 18.5. The lowest BCUT2D eigenvalue weighted by Crippen LogP contribution is -2.40. The van der Waals surface area contributed by atoms with Gasteiger partial charge in [0.1, 0.15) is 12.1 Å². The van der Waals surface area contributed by atoms with Crippen LogP contribution in [0, 0.1) is 6.92 Å². The van der Waals surface area contributed by atoms with Gasteiger partial charge in [-0.25, -0.2) is 20.0 Å². The molecule has 0 N–H and O–H groups in total. The average molecular weight is 415 g/mol. The summed E-state index contributed by atoms with van der Waals surface area (Å²) in [5.41, 5.74) is 5.98. The van der Waals surface area contributed by atoms with Crippen LogP contribution in [0.5, 0.6) is 0 Å². The van der Waals surface area contributed by atoms with E-state index < -0.39 is 0 Å². The van der Waals surface area contributed by atoms with Crippen molar-refractivity contribution < 1.29 is 0 Å². The molecule has 6 nitrogen and oxygen atoms in total. The third-order valence-electron chi connectivity index (χ3n) is 6.79.